The van der Waals surface area contributed by atoms with E-state index in [0.29, 0.717) is 5.04 Å². The third-order valence-electron chi connectivity index (χ3n) is 7.08. The zero-order valence-corrected chi connectivity index (χ0v) is 15.0. The van der Waals surface area contributed by atoms with Gasteiger partial charge in [0, 0.05) is 0 Å². The Labute approximate surface area is 105 Å². The first-order chi connectivity index (χ1) is 6.86. The Hall–Kier alpha value is 0.567. The van der Waals surface area contributed by atoms with Crippen molar-refractivity contribution in [2.45, 2.75) is 63.0 Å². The van der Waals surface area contributed by atoms with Crippen LogP contribution < -0.4 is 0 Å². The molecule has 2 heteroatoms. The van der Waals surface area contributed by atoms with Gasteiger partial charge in [0.25, 0.3) is 0 Å². The van der Waals surface area contributed by atoms with Gasteiger partial charge in [-0.1, -0.05) is 47.6 Å². The third-order valence-corrected chi connectivity index (χ3v) is 24.3. The quantitative estimate of drug-likeness (QED) is 0.558. The summed E-state index contributed by atoms with van der Waals surface area (Å²) < 4.78 is 0.743. The molecule has 0 N–H and O–H groups in total. The minimum Gasteiger partial charge on any atom is -0.288 e. The molecule has 1 aliphatic heterocycles. The largest absolute Gasteiger partial charge is 0.288 e. The molecule has 16 heavy (non-hydrogen) atoms. The average Bonchev–Trinajstić information content (AvgIpc) is 2.74. The summed E-state index contributed by atoms with van der Waals surface area (Å²) >= 11 is 0. The number of rotatable bonds is 4. The molecule has 0 bridgehead atoms. The van der Waals surface area contributed by atoms with Gasteiger partial charge in [-0.25, -0.2) is 0 Å². The maximum atomic E-state index is 2.68. The van der Waals surface area contributed by atoms with E-state index >= 15 is 0 Å². The van der Waals surface area contributed by atoms with Crippen LogP contribution in [0.5, 0.6) is 0 Å². The second-order valence-corrected chi connectivity index (χ2v) is 22.2. The lowest BCUT2D eigenvalue weighted by atomic mass is 10.1. The van der Waals surface area contributed by atoms with E-state index < -0.39 is 17.2 Å². The number of hydrogen-bond acceptors (Lipinski definition) is 0. The SMILES string of the molecule is CCC(C)(C)[Si]1(C)CC1(C)[SH](C)(C)(C)CC. The van der Waals surface area contributed by atoms with Crippen LogP contribution in [0.4, 0.5) is 0 Å². The molecule has 100 valence electrons. The van der Waals surface area contributed by atoms with Crippen molar-refractivity contribution in [2.75, 3.05) is 24.5 Å². The van der Waals surface area contributed by atoms with Crippen molar-refractivity contribution < 1.29 is 0 Å². The zero-order valence-electron chi connectivity index (χ0n) is 13.1. The second-order valence-electron chi connectivity index (χ2n) is 8.46. The second kappa shape index (κ2) is 3.31. The van der Waals surface area contributed by atoms with Crippen LogP contribution in [0.3, 0.4) is 0 Å². The highest BCUT2D eigenvalue weighted by Crippen LogP contribution is 2.84. The highest BCUT2D eigenvalue weighted by molar-refractivity contribution is 8.50. The Kier molecular flexibility index (Phi) is 3.03. The van der Waals surface area contributed by atoms with Gasteiger partial charge < -0.3 is 0 Å². The van der Waals surface area contributed by atoms with Crippen molar-refractivity contribution in [3.8, 4) is 0 Å². The monoisotopic (exact) mass is 262 g/mol. The Morgan fingerprint density at radius 3 is 1.94 bits per heavy atom. The molecule has 0 spiro atoms. The first-order valence-electron chi connectivity index (χ1n) is 6.86. The van der Waals surface area contributed by atoms with Crippen LogP contribution in [-0.2, 0) is 0 Å². The molecule has 0 aromatic heterocycles. The van der Waals surface area contributed by atoms with E-state index in [2.05, 4.69) is 59.9 Å². The molecule has 0 radical (unpaired) electrons. The highest BCUT2D eigenvalue weighted by Gasteiger charge is 2.74. The fourth-order valence-corrected chi connectivity index (χ4v) is 21.1. The van der Waals surface area contributed by atoms with E-state index in [1.165, 1.54) is 12.2 Å². The fourth-order valence-electron chi connectivity index (χ4n) is 3.56. The van der Waals surface area contributed by atoms with E-state index in [-0.39, 0.29) is 0 Å². The van der Waals surface area contributed by atoms with Crippen LogP contribution in [0.1, 0.15) is 41.0 Å². The van der Waals surface area contributed by atoms with Crippen molar-refractivity contribution in [3.63, 3.8) is 0 Å². The molecule has 1 rings (SSSR count). The standard InChI is InChI=1S/C14H34SSi/c1-10-13(3,4)16(9)12-14(16,5)15(6,7,8)11-2/h15H,10-12H2,1-9H3. The summed E-state index contributed by atoms with van der Waals surface area (Å²) in [6.07, 6.45) is 9.27. The maximum absolute atomic E-state index is 2.68. The lowest BCUT2D eigenvalue weighted by molar-refractivity contribution is 0.626. The topological polar surface area (TPSA) is 0 Å². The summed E-state index contributed by atoms with van der Waals surface area (Å²) in [6, 6.07) is 1.58. The Balaban J connectivity index is 3.14. The summed E-state index contributed by atoms with van der Waals surface area (Å²) in [7, 11) is -2.50. The van der Waals surface area contributed by atoms with Gasteiger partial charge in [-0.15, -0.1) is 0 Å². The van der Waals surface area contributed by atoms with Gasteiger partial charge in [-0.2, -0.15) is 0 Å². The molecular weight excluding hydrogens is 228 g/mol. The van der Waals surface area contributed by atoms with Crippen LogP contribution in [0, 0.1) is 0 Å². The minimum absolute atomic E-state index is 0.627. The average molecular weight is 263 g/mol. The summed E-state index contributed by atoms with van der Waals surface area (Å²) in [5.41, 5.74) is 0. The Morgan fingerprint density at radius 1 is 1.19 bits per heavy atom. The predicted octanol–water partition coefficient (Wildman–Crippen LogP) is 4.55. The summed E-state index contributed by atoms with van der Waals surface area (Å²) in [6.45, 7) is 15.2. The van der Waals surface area contributed by atoms with E-state index in [4.69, 9.17) is 0 Å². The van der Waals surface area contributed by atoms with E-state index in [9.17, 15) is 0 Å². The Bertz CT molecular complexity index is 300. The molecule has 1 saturated heterocycles. The van der Waals surface area contributed by atoms with Gasteiger partial charge in [-0.3, -0.25) is 9.16 Å². The molecule has 0 nitrogen and oxygen atoms in total. The summed E-state index contributed by atoms with van der Waals surface area (Å²) in [5, 5.41) is 0.627. The predicted molar refractivity (Wildman–Crippen MR) is 86.5 cm³/mol. The molecule has 1 fully saturated rings. The van der Waals surface area contributed by atoms with Gasteiger partial charge in [0.2, 0.25) is 0 Å². The molecule has 2 atom stereocenters. The van der Waals surface area contributed by atoms with Crippen molar-refractivity contribution in [1.82, 2.24) is 0 Å². The summed E-state index contributed by atoms with van der Waals surface area (Å²) in [5.74, 6) is 1.42. The Morgan fingerprint density at radius 2 is 1.62 bits per heavy atom. The van der Waals surface area contributed by atoms with Crippen molar-refractivity contribution >= 4 is 17.2 Å². The van der Waals surface area contributed by atoms with Gasteiger partial charge >= 0.3 is 0 Å². The first kappa shape index (κ1) is 14.6. The van der Waals surface area contributed by atoms with Crippen LogP contribution >= 0.6 is 9.16 Å². The fraction of sp³-hybridized carbons (Fsp3) is 1.00. The van der Waals surface area contributed by atoms with Gasteiger partial charge in [0.15, 0.2) is 0 Å². The highest BCUT2D eigenvalue weighted by atomic mass is 32.3. The number of hydrogen-bond donors (Lipinski definition) is 1. The zero-order chi connectivity index (χ0) is 13.1. The van der Waals surface area contributed by atoms with Crippen LogP contribution in [-0.4, -0.2) is 37.0 Å². The van der Waals surface area contributed by atoms with Crippen LogP contribution in [0.25, 0.3) is 0 Å². The van der Waals surface area contributed by atoms with Gasteiger partial charge in [-0.05, 0) is 40.0 Å². The van der Waals surface area contributed by atoms with Gasteiger partial charge in [0.1, 0.15) is 0 Å². The van der Waals surface area contributed by atoms with Crippen LogP contribution in [0.2, 0.25) is 17.6 Å². The molecule has 0 aromatic carbocycles. The molecule has 0 aromatic rings. The van der Waals surface area contributed by atoms with E-state index in [1.807, 2.05) is 0 Å². The molecule has 0 amide bonds. The van der Waals surface area contributed by atoms with Crippen molar-refractivity contribution in [3.05, 3.63) is 0 Å². The molecular formula is C14H34SSi. The molecule has 0 saturated carbocycles. The molecule has 2 unspecified atom stereocenters. The van der Waals surface area contributed by atoms with Gasteiger partial charge in [0.05, 0.1) is 8.07 Å². The third kappa shape index (κ3) is 1.55. The van der Waals surface area contributed by atoms with Crippen molar-refractivity contribution in [2.24, 2.45) is 0 Å². The minimum atomic E-state index is -1.44. The lowest BCUT2D eigenvalue weighted by Crippen LogP contribution is -2.44. The smallest absolute Gasteiger partial charge is 0.0707 e. The summed E-state index contributed by atoms with van der Waals surface area (Å²) in [4.78, 5) is 0. The maximum Gasteiger partial charge on any atom is 0.0707 e. The molecule has 1 aliphatic rings. The van der Waals surface area contributed by atoms with E-state index in [0.717, 1.165) is 4.37 Å². The normalized spacial score (nSPS) is 37.9. The molecule has 1 heterocycles. The van der Waals surface area contributed by atoms with Crippen molar-refractivity contribution in [1.29, 1.82) is 0 Å². The first-order valence-corrected chi connectivity index (χ1v) is 13.3. The van der Waals surface area contributed by atoms with E-state index in [1.54, 1.807) is 6.04 Å². The number of thiol groups is 1. The lowest BCUT2D eigenvalue weighted by Gasteiger charge is -2.60. The molecule has 0 aliphatic carbocycles. The van der Waals surface area contributed by atoms with Crippen LogP contribution in [0.15, 0.2) is 0 Å².